The second kappa shape index (κ2) is 7.23. The summed E-state index contributed by atoms with van der Waals surface area (Å²) in [4.78, 5) is 26.0. The summed E-state index contributed by atoms with van der Waals surface area (Å²) >= 11 is 0. The van der Waals surface area contributed by atoms with Gasteiger partial charge in [-0.25, -0.2) is 13.2 Å². The maximum Gasteiger partial charge on any atom is 0.326 e. The summed E-state index contributed by atoms with van der Waals surface area (Å²) in [7, 11) is -4.02. The molecule has 4 unspecified atom stereocenters. The number of sulfonamides is 1. The van der Waals surface area contributed by atoms with Crippen LogP contribution in [0.4, 0.5) is 0 Å². The zero-order valence-electron chi connectivity index (χ0n) is 15.6. The fraction of sp³-hybridized carbons (Fsp3) is 0.706. The molecule has 0 aromatic carbocycles. The first-order valence-electron chi connectivity index (χ1n) is 9.13. The van der Waals surface area contributed by atoms with Crippen LogP contribution < -0.4 is 4.72 Å². The molecule has 3 rings (SSSR count). The van der Waals surface area contributed by atoms with E-state index in [0.29, 0.717) is 6.42 Å². The zero-order chi connectivity index (χ0) is 19.9. The van der Waals surface area contributed by atoms with Crippen molar-refractivity contribution in [3.8, 4) is 0 Å². The molecule has 1 aliphatic heterocycles. The first-order chi connectivity index (χ1) is 12.6. The van der Waals surface area contributed by atoms with Gasteiger partial charge in [-0.15, -0.1) is 0 Å². The highest BCUT2D eigenvalue weighted by atomic mass is 32.2. The van der Waals surface area contributed by atoms with Gasteiger partial charge in [-0.2, -0.15) is 4.72 Å². The summed E-state index contributed by atoms with van der Waals surface area (Å²) < 4.78 is 32.6. The molecule has 1 aliphatic carbocycles. The summed E-state index contributed by atoms with van der Waals surface area (Å²) in [6.45, 7) is 4.42. The minimum Gasteiger partial charge on any atom is -0.480 e. The van der Waals surface area contributed by atoms with Crippen LogP contribution >= 0.6 is 0 Å². The molecule has 10 heteroatoms. The fourth-order valence-corrected chi connectivity index (χ4v) is 5.95. The Balaban J connectivity index is 1.82. The minimum atomic E-state index is -4.02. The topological polar surface area (TPSA) is 130 Å². The Bertz CT molecular complexity index is 829. The number of carboxylic acids is 1. The van der Waals surface area contributed by atoms with Gasteiger partial charge in [0.05, 0.1) is 6.04 Å². The Morgan fingerprint density at radius 1 is 1.30 bits per heavy atom. The monoisotopic (exact) mass is 399 g/mol. The summed E-state index contributed by atoms with van der Waals surface area (Å²) in [5.74, 6) is -1.25. The lowest BCUT2D eigenvalue weighted by atomic mass is 9.84. The number of fused-ring (bicyclic) bond motifs is 1. The number of nitrogens with zero attached hydrogens (tertiary/aromatic N) is 2. The lowest BCUT2D eigenvalue weighted by Gasteiger charge is -2.34. The Morgan fingerprint density at radius 3 is 2.56 bits per heavy atom. The average Bonchev–Trinajstić information content (AvgIpc) is 3.14. The van der Waals surface area contributed by atoms with Crippen molar-refractivity contribution >= 4 is 21.9 Å². The van der Waals surface area contributed by atoms with Gasteiger partial charge in [-0.3, -0.25) is 4.79 Å². The number of rotatable bonds is 5. The van der Waals surface area contributed by atoms with Crippen LogP contribution in [0.3, 0.4) is 0 Å². The van der Waals surface area contributed by atoms with Crippen molar-refractivity contribution in [2.24, 2.45) is 5.92 Å². The highest BCUT2D eigenvalue weighted by Crippen LogP contribution is 2.40. The van der Waals surface area contributed by atoms with E-state index >= 15 is 0 Å². The molecule has 27 heavy (non-hydrogen) atoms. The maximum atomic E-state index is 13.0. The number of hydrogen-bond acceptors (Lipinski definition) is 6. The van der Waals surface area contributed by atoms with Crippen LogP contribution in [0.15, 0.2) is 9.42 Å². The molecule has 4 atom stereocenters. The molecule has 0 bridgehead atoms. The van der Waals surface area contributed by atoms with Gasteiger partial charge in [0, 0.05) is 6.04 Å². The number of aliphatic carboxylic acids is 1. The largest absolute Gasteiger partial charge is 0.480 e. The Hall–Kier alpha value is -1.94. The molecule has 1 aromatic rings. The molecular weight excluding hydrogens is 374 g/mol. The van der Waals surface area contributed by atoms with Crippen LogP contribution in [-0.4, -0.2) is 53.6 Å². The number of aromatic nitrogens is 1. The molecule has 9 nitrogen and oxygen atoms in total. The van der Waals surface area contributed by atoms with Crippen molar-refractivity contribution in [3.05, 3.63) is 11.5 Å². The first kappa shape index (κ1) is 19.8. The van der Waals surface area contributed by atoms with Gasteiger partial charge in [0.15, 0.2) is 5.76 Å². The zero-order valence-corrected chi connectivity index (χ0v) is 16.5. The molecule has 0 spiro atoms. The highest BCUT2D eigenvalue weighted by Gasteiger charge is 2.48. The van der Waals surface area contributed by atoms with Gasteiger partial charge < -0.3 is 14.5 Å². The number of carbonyl (C=O) groups excluding carboxylic acids is 1. The quantitative estimate of drug-likeness (QED) is 0.761. The molecule has 0 radical (unpaired) electrons. The molecule has 2 heterocycles. The van der Waals surface area contributed by atoms with E-state index in [1.165, 1.54) is 25.7 Å². The average molecular weight is 399 g/mol. The van der Waals surface area contributed by atoms with E-state index in [4.69, 9.17) is 4.52 Å². The van der Waals surface area contributed by atoms with Crippen LogP contribution in [-0.2, 0) is 19.6 Å². The molecule has 1 saturated heterocycles. The first-order valence-corrected chi connectivity index (χ1v) is 10.6. The molecule has 2 N–H and O–H groups in total. The van der Waals surface area contributed by atoms with E-state index in [1.54, 1.807) is 0 Å². The van der Waals surface area contributed by atoms with Crippen molar-refractivity contribution in [1.29, 1.82) is 0 Å². The maximum absolute atomic E-state index is 13.0. The molecule has 2 aliphatic rings. The normalized spacial score (nSPS) is 26.6. The molecule has 2 fully saturated rings. The van der Waals surface area contributed by atoms with E-state index in [2.05, 4.69) is 9.88 Å². The standard InChI is InChI=1S/C17H25N3O6S/c1-9-15(11(3)26-18-9)27(24,25)19-10(2)16(21)20-13-7-5-4-6-12(13)8-14(20)17(22)23/h10,12-14,19H,4-8H2,1-3H3,(H,22,23). The summed E-state index contributed by atoms with van der Waals surface area (Å²) in [5.41, 5.74) is 0.205. The highest BCUT2D eigenvalue weighted by molar-refractivity contribution is 7.89. The molecule has 1 amide bonds. The van der Waals surface area contributed by atoms with Gasteiger partial charge in [-0.1, -0.05) is 18.0 Å². The third-order valence-electron chi connectivity index (χ3n) is 5.57. The van der Waals surface area contributed by atoms with Gasteiger partial charge >= 0.3 is 5.97 Å². The van der Waals surface area contributed by atoms with Gasteiger partial charge in [0.1, 0.15) is 16.6 Å². The number of carboxylic acid groups (broad SMARTS) is 1. The third-order valence-corrected chi connectivity index (χ3v) is 7.35. The van der Waals surface area contributed by atoms with Crippen molar-refractivity contribution in [3.63, 3.8) is 0 Å². The SMILES string of the molecule is Cc1noc(C)c1S(=O)(=O)NC(C)C(=O)N1C(C(=O)O)CC2CCCCC21. The summed E-state index contributed by atoms with van der Waals surface area (Å²) in [6, 6.07) is -2.14. The summed E-state index contributed by atoms with van der Waals surface area (Å²) in [6.07, 6.45) is 4.05. The lowest BCUT2D eigenvalue weighted by molar-refractivity contribution is -0.150. The number of likely N-dealkylation sites (tertiary alicyclic amines) is 1. The van der Waals surface area contributed by atoms with Crippen LogP contribution in [0.25, 0.3) is 0 Å². The number of carbonyl (C=O) groups is 2. The smallest absolute Gasteiger partial charge is 0.326 e. The lowest BCUT2D eigenvalue weighted by Crippen LogP contribution is -2.53. The van der Waals surface area contributed by atoms with Crippen LogP contribution in [0.1, 0.15) is 50.5 Å². The third kappa shape index (κ3) is 3.60. The number of aryl methyl sites for hydroxylation is 2. The number of nitrogens with one attached hydrogen (secondary N) is 1. The second-order valence-corrected chi connectivity index (χ2v) is 9.09. The predicted molar refractivity (Wildman–Crippen MR) is 94.4 cm³/mol. The Morgan fingerprint density at radius 2 is 1.96 bits per heavy atom. The molecule has 150 valence electrons. The van der Waals surface area contributed by atoms with Gasteiger partial charge in [0.2, 0.25) is 15.9 Å². The number of hydrogen-bond donors (Lipinski definition) is 2. The van der Waals surface area contributed by atoms with Crippen molar-refractivity contribution in [2.45, 2.75) is 75.9 Å². The predicted octanol–water partition coefficient (Wildman–Crippen LogP) is 1.20. The second-order valence-electron chi connectivity index (χ2n) is 7.44. The van der Waals surface area contributed by atoms with E-state index < -0.39 is 34.0 Å². The summed E-state index contributed by atoms with van der Waals surface area (Å²) in [5, 5.41) is 13.2. The minimum absolute atomic E-state index is 0.0890. The number of amides is 1. The molecule has 1 saturated carbocycles. The van der Waals surface area contributed by atoms with Crippen LogP contribution in [0.2, 0.25) is 0 Å². The fourth-order valence-electron chi connectivity index (χ4n) is 4.42. The van der Waals surface area contributed by atoms with E-state index in [-0.39, 0.29) is 28.3 Å². The van der Waals surface area contributed by atoms with Crippen LogP contribution in [0.5, 0.6) is 0 Å². The van der Waals surface area contributed by atoms with E-state index in [0.717, 1.165) is 25.7 Å². The Labute approximate surface area is 158 Å². The Kier molecular flexibility index (Phi) is 5.31. The van der Waals surface area contributed by atoms with Gasteiger partial charge in [-0.05, 0) is 46.0 Å². The van der Waals surface area contributed by atoms with Crippen molar-refractivity contribution < 1.29 is 27.6 Å². The molecule has 1 aromatic heterocycles. The van der Waals surface area contributed by atoms with Gasteiger partial charge in [0.25, 0.3) is 0 Å². The van der Waals surface area contributed by atoms with Crippen molar-refractivity contribution in [1.82, 2.24) is 14.8 Å². The van der Waals surface area contributed by atoms with E-state index in [1.807, 2.05) is 0 Å². The van der Waals surface area contributed by atoms with E-state index in [9.17, 15) is 23.1 Å². The van der Waals surface area contributed by atoms with Crippen LogP contribution in [0, 0.1) is 19.8 Å². The molecular formula is C17H25N3O6S. The van der Waals surface area contributed by atoms with Crippen molar-refractivity contribution in [2.75, 3.05) is 0 Å².